The zero-order chi connectivity index (χ0) is 11.6. The lowest BCUT2D eigenvalue weighted by atomic mass is 10.3. The molecule has 1 rings (SSSR count). The maximum absolute atomic E-state index is 12.0. The molecule has 0 fully saturated rings. The Kier molecular flexibility index (Phi) is 3.40. The first-order chi connectivity index (χ1) is 6.85. The maximum atomic E-state index is 12.0. The minimum atomic E-state index is -4.82. The van der Waals surface area contributed by atoms with Gasteiger partial charge in [0.05, 0.1) is 15.9 Å². The lowest BCUT2D eigenvalue weighted by Crippen LogP contribution is -2.20. The molecule has 0 spiro atoms. The van der Waals surface area contributed by atoms with Crippen molar-refractivity contribution < 1.29 is 17.9 Å². The van der Waals surface area contributed by atoms with Crippen LogP contribution in [0.4, 0.5) is 18.9 Å². The molecule has 8 heteroatoms. The van der Waals surface area contributed by atoms with Crippen molar-refractivity contribution in [2.75, 3.05) is 5.73 Å². The molecule has 0 aliphatic rings. The second-order valence-electron chi connectivity index (χ2n) is 2.55. The molecule has 1 aromatic heterocycles. The van der Waals surface area contributed by atoms with Crippen LogP contribution in [0, 0.1) is 0 Å². The van der Waals surface area contributed by atoms with Crippen LogP contribution in [0.1, 0.15) is 5.69 Å². The molecule has 0 unspecified atom stereocenters. The average molecular weight is 286 g/mol. The number of hydrogen-bond donors (Lipinski definition) is 2. The average Bonchev–Trinajstić information content (AvgIpc) is 2.11. The molecule has 0 amide bonds. The van der Waals surface area contributed by atoms with Gasteiger partial charge >= 0.3 is 6.36 Å². The third kappa shape index (κ3) is 2.96. The fraction of sp³-hybridized carbons (Fsp3) is 0.286. The number of alkyl halides is 3. The number of pyridine rings is 1. The molecule has 1 heterocycles. The van der Waals surface area contributed by atoms with Gasteiger partial charge < -0.3 is 16.2 Å². The van der Waals surface area contributed by atoms with Crippen LogP contribution in [-0.4, -0.2) is 11.3 Å². The van der Waals surface area contributed by atoms with Gasteiger partial charge in [-0.15, -0.1) is 13.2 Å². The van der Waals surface area contributed by atoms with Crippen LogP contribution in [0.15, 0.2) is 10.7 Å². The molecule has 4 nitrogen and oxygen atoms in total. The Morgan fingerprint density at radius 2 is 2.07 bits per heavy atom. The molecule has 0 aliphatic carbocycles. The largest absolute Gasteiger partial charge is 0.573 e. The first kappa shape index (κ1) is 12.1. The molecule has 0 saturated heterocycles. The maximum Gasteiger partial charge on any atom is 0.573 e. The highest BCUT2D eigenvalue weighted by atomic mass is 79.9. The van der Waals surface area contributed by atoms with Crippen LogP contribution < -0.4 is 16.2 Å². The van der Waals surface area contributed by atoms with Crippen molar-refractivity contribution in [1.82, 2.24) is 4.98 Å². The standard InChI is InChI=1S/C7H7BrF3N3O/c8-3-2-14-4(1-12)6(5(3)13)15-7(9,10)11/h2H,1,12H2,(H2,13,14). The number of nitrogen functional groups attached to an aromatic ring is 1. The van der Waals surface area contributed by atoms with Crippen molar-refractivity contribution in [1.29, 1.82) is 0 Å². The fourth-order valence-electron chi connectivity index (χ4n) is 0.902. The number of nitrogens with zero attached hydrogens (tertiary/aromatic N) is 1. The van der Waals surface area contributed by atoms with Gasteiger partial charge in [0.1, 0.15) is 0 Å². The van der Waals surface area contributed by atoms with Crippen molar-refractivity contribution in [2.24, 2.45) is 5.73 Å². The summed E-state index contributed by atoms with van der Waals surface area (Å²) in [6, 6.07) is 0. The van der Waals surface area contributed by atoms with Gasteiger partial charge in [-0.3, -0.25) is 4.98 Å². The normalized spacial score (nSPS) is 11.5. The molecule has 0 aliphatic heterocycles. The summed E-state index contributed by atoms with van der Waals surface area (Å²) < 4.78 is 40.0. The third-order valence-corrected chi connectivity index (χ3v) is 2.14. The van der Waals surface area contributed by atoms with E-state index >= 15 is 0 Å². The number of anilines is 1. The van der Waals surface area contributed by atoms with E-state index in [4.69, 9.17) is 11.5 Å². The highest BCUT2D eigenvalue weighted by Crippen LogP contribution is 2.35. The van der Waals surface area contributed by atoms with Gasteiger partial charge in [0.15, 0.2) is 5.75 Å². The number of ether oxygens (including phenoxy) is 1. The van der Waals surface area contributed by atoms with E-state index in [0.717, 1.165) is 0 Å². The first-order valence-electron chi connectivity index (χ1n) is 3.74. The van der Waals surface area contributed by atoms with Crippen LogP contribution in [0.3, 0.4) is 0 Å². The zero-order valence-corrected chi connectivity index (χ0v) is 8.89. The van der Waals surface area contributed by atoms with Crippen LogP contribution in [0.2, 0.25) is 0 Å². The van der Waals surface area contributed by atoms with E-state index in [1.807, 2.05) is 0 Å². The van der Waals surface area contributed by atoms with Crippen molar-refractivity contribution in [3.05, 3.63) is 16.4 Å². The Morgan fingerprint density at radius 3 is 2.53 bits per heavy atom. The summed E-state index contributed by atoms with van der Waals surface area (Å²) >= 11 is 2.94. The van der Waals surface area contributed by atoms with Gasteiger partial charge in [0, 0.05) is 12.7 Å². The summed E-state index contributed by atoms with van der Waals surface area (Å²) in [6.07, 6.45) is -3.55. The molecule has 15 heavy (non-hydrogen) atoms. The molecular weight excluding hydrogens is 279 g/mol. The molecular formula is C7H7BrF3N3O. The van der Waals surface area contributed by atoms with Crippen LogP contribution in [-0.2, 0) is 6.54 Å². The van der Waals surface area contributed by atoms with Gasteiger partial charge in [-0.25, -0.2) is 0 Å². The van der Waals surface area contributed by atoms with E-state index in [0.29, 0.717) is 0 Å². The predicted molar refractivity (Wildman–Crippen MR) is 50.9 cm³/mol. The van der Waals surface area contributed by atoms with Gasteiger partial charge in [-0.1, -0.05) is 0 Å². The lowest BCUT2D eigenvalue weighted by molar-refractivity contribution is -0.274. The van der Waals surface area contributed by atoms with Gasteiger partial charge in [-0.2, -0.15) is 0 Å². The molecule has 1 aromatic rings. The molecule has 0 bridgehead atoms. The van der Waals surface area contributed by atoms with E-state index in [1.54, 1.807) is 0 Å². The second kappa shape index (κ2) is 4.23. The minimum Gasteiger partial charge on any atom is -0.402 e. The van der Waals surface area contributed by atoms with E-state index in [9.17, 15) is 13.2 Å². The Balaban J connectivity index is 3.18. The summed E-state index contributed by atoms with van der Waals surface area (Å²) in [4.78, 5) is 3.66. The van der Waals surface area contributed by atoms with Crippen LogP contribution in [0.5, 0.6) is 5.75 Å². The third-order valence-electron chi connectivity index (χ3n) is 1.51. The number of aromatic nitrogens is 1. The SMILES string of the molecule is NCc1ncc(Br)c(N)c1OC(F)(F)F. The zero-order valence-electron chi connectivity index (χ0n) is 7.31. The molecule has 0 atom stereocenters. The van der Waals surface area contributed by atoms with Crippen molar-refractivity contribution in [3.8, 4) is 5.75 Å². The van der Waals surface area contributed by atoms with Crippen molar-refractivity contribution in [3.63, 3.8) is 0 Å². The highest BCUT2D eigenvalue weighted by Gasteiger charge is 2.33. The van der Waals surface area contributed by atoms with Crippen molar-refractivity contribution in [2.45, 2.75) is 12.9 Å². The van der Waals surface area contributed by atoms with E-state index in [-0.39, 0.29) is 22.4 Å². The van der Waals surface area contributed by atoms with Gasteiger partial charge in [-0.05, 0) is 15.9 Å². The molecule has 4 N–H and O–H groups in total. The molecule has 84 valence electrons. The fourth-order valence-corrected chi connectivity index (χ4v) is 1.18. The molecule has 0 saturated carbocycles. The number of halogens is 4. The summed E-state index contributed by atoms with van der Waals surface area (Å²) in [5, 5.41) is 0. The molecule has 0 aromatic carbocycles. The first-order valence-corrected chi connectivity index (χ1v) is 4.53. The summed E-state index contributed by atoms with van der Waals surface area (Å²) in [5.41, 5.74) is 10.4. The highest BCUT2D eigenvalue weighted by molar-refractivity contribution is 9.10. The van der Waals surface area contributed by atoms with Crippen LogP contribution in [0.25, 0.3) is 0 Å². The van der Waals surface area contributed by atoms with E-state index in [2.05, 4.69) is 25.7 Å². The van der Waals surface area contributed by atoms with Crippen LogP contribution >= 0.6 is 15.9 Å². The summed E-state index contributed by atoms with van der Waals surface area (Å²) in [5.74, 6) is -0.556. The van der Waals surface area contributed by atoms with Gasteiger partial charge in [0.25, 0.3) is 0 Å². The predicted octanol–water partition coefficient (Wildman–Crippen LogP) is 1.78. The Labute approximate surface area is 91.5 Å². The lowest BCUT2D eigenvalue weighted by Gasteiger charge is -2.14. The molecule has 0 radical (unpaired) electrons. The van der Waals surface area contributed by atoms with E-state index in [1.165, 1.54) is 6.20 Å². The van der Waals surface area contributed by atoms with Crippen molar-refractivity contribution >= 4 is 21.6 Å². The Morgan fingerprint density at radius 1 is 1.47 bits per heavy atom. The summed E-state index contributed by atoms with van der Waals surface area (Å²) in [6.45, 7) is -0.192. The number of nitrogens with two attached hydrogens (primary N) is 2. The summed E-state index contributed by atoms with van der Waals surface area (Å²) in [7, 11) is 0. The van der Waals surface area contributed by atoms with Gasteiger partial charge in [0.2, 0.25) is 0 Å². The smallest absolute Gasteiger partial charge is 0.402 e. The number of rotatable bonds is 2. The number of hydrogen-bond acceptors (Lipinski definition) is 4. The quantitative estimate of drug-likeness (QED) is 0.869. The minimum absolute atomic E-state index is 0.0481. The Bertz CT molecular complexity index is 369. The topological polar surface area (TPSA) is 74.2 Å². The van der Waals surface area contributed by atoms with E-state index < -0.39 is 12.1 Å². The monoisotopic (exact) mass is 285 g/mol. The second-order valence-corrected chi connectivity index (χ2v) is 3.40. The Hall–Kier alpha value is -1.02.